The molecule has 8 heteroatoms. The SMILES string of the molecule is O=C(NN=CC1=C(Sc2nc3ccccc3s2)CCCC1)[C@H]1COc2ccccc2O1. The first-order valence-electron chi connectivity index (χ1n) is 10.2. The van der Waals surface area contributed by atoms with Crippen LogP contribution in [-0.4, -0.2) is 29.8 Å². The molecule has 0 radical (unpaired) electrons. The average Bonchev–Trinajstić information content (AvgIpc) is 3.22. The second-order valence-electron chi connectivity index (χ2n) is 7.30. The van der Waals surface area contributed by atoms with Crippen LogP contribution < -0.4 is 14.9 Å². The van der Waals surface area contributed by atoms with Crippen LogP contribution in [0.4, 0.5) is 0 Å². The van der Waals surface area contributed by atoms with Gasteiger partial charge >= 0.3 is 0 Å². The predicted molar refractivity (Wildman–Crippen MR) is 124 cm³/mol. The largest absolute Gasteiger partial charge is 0.485 e. The Balaban J connectivity index is 1.25. The lowest BCUT2D eigenvalue weighted by molar-refractivity contribution is -0.130. The van der Waals surface area contributed by atoms with E-state index in [1.165, 1.54) is 9.61 Å². The minimum Gasteiger partial charge on any atom is -0.485 e. The quantitative estimate of drug-likeness (QED) is 0.429. The monoisotopic (exact) mass is 451 g/mol. The number of thioether (sulfide) groups is 1. The molecule has 3 aromatic rings. The Bertz CT molecular complexity index is 1140. The van der Waals surface area contributed by atoms with Crippen LogP contribution in [0.15, 0.2) is 68.5 Å². The molecule has 1 aromatic heterocycles. The van der Waals surface area contributed by atoms with Crippen molar-refractivity contribution in [3.63, 3.8) is 0 Å². The van der Waals surface area contributed by atoms with E-state index in [9.17, 15) is 4.79 Å². The van der Waals surface area contributed by atoms with Gasteiger partial charge in [0.2, 0.25) is 6.10 Å². The average molecular weight is 452 g/mol. The molecule has 2 aliphatic rings. The third-order valence-corrected chi connectivity index (χ3v) is 7.45. The van der Waals surface area contributed by atoms with Gasteiger partial charge in [0, 0.05) is 0 Å². The molecule has 1 atom stereocenters. The second-order valence-corrected chi connectivity index (χ2v) is 9.68. The molecule has 0 unspecified atom stereocenters. The number of hydrogen-bond donors (Lipinski definition) is 1. The fourth-order valence-corrected chi connectivity index (χ4v) is 5.87. The number of para-hydroxylation sites is 3. The van der Waals surface area contributed by atoms with E-state index in [-0.39, 0.29) is 12.5 Å². The summed E-state index contributed by atoms with van der Waals surface area (Å²) in [7, 11) is 0. The number of fused-ring (bicyclic) bond motifs is 2. The molecule has 1 aliphatic carbocycles. The molecule has 2 aromatic carbocycles. The number of hydrazone groups is 1. The normalized spacial score (nSPS) is 18.5. The molecule has 0 spiro atoms. The number of carbonyl (C=O) groups is 1. The molecule has 6 nitrogen and oxygen atoms in total. The van der Waals surface area contributed by atoms with E-state index in [1.807, 2.05) is 36.4 Å². The standard InChI is InChI=1S/C23H21N3O3S2/c27-22(19-14-28-17-9-3-4-10-18(17)29-19)26-24-13-15-7-1-5-11-20(15)30-23-25-16-8-2-6-12-21(16)31-23/h2-4,6,8-10,12-13,19H,1,5,7,11,14H2,(H,26,27)/t19-/m1/s1. The predicted octanol–water partition coefficient (Wildman–Crippen LogP) is 5.16. The van der Waals surface area contributed by atoms with Crippen LogP contribution in [0.25, 0.3) is 10.2 Å². The molecule has 0 bridgehead atoms. The smallest absolute Gasteiger partial charge is 0.284 e. The van der Waals surface area contributed by atoms with Crippen molar-refractivity contribution in [2.45, 2.75) is 36.1 Å². The lowest BCUT2D eigenvalue weighted by atomic mass is 10.0. The molecule has 5 rings (SSSR count). The van der Waals surface area contributed by atoms with E-state index < -0.39 is 6.10 Å². The van der Waals surface area contributed by atoms with E-state index in [2.05, 4.69) is 16.6 Å². The Morgan fingerprint density at radius 2 is 1.94 bits per heavy atom. The Hall–Kier alpha value is -2.84. The molecular weight excluding hydrogens is 430 g/mol. The highest BCUT2D eigenvalue weighted by molar-refractivity contribution is 8.04. The van der Waals surface area contributed by atoms with Gasteiger partial charge in [0.25, 0.3) is 5.91 Å². The summed E-state index contributed by atoms with van der Waals surface area (Å²) < 4.78 is 13.6. The number of hydrogen-bond acceptors (Lipinski definition) is 7. The molecule has 1 amide bonds. The zero-order chi connectivity index (χ0) is 21.0. The fourth-order valence-electron chi connectivity index (χ4n) is 3.55. The molecule has 0 saturated heterocycles. The van der Waals surface area contributed by atoms with Crippen LogP contribution in [0, 0.1) is 0 Å². The van der Waals surface area contributed by atoms with E-state index >= 15 is 0 Å². The van der Waals surface area contributed by atoms with Gasteiger partial charge in [0.05, 0.1) is 16.4 Å². The van der Waals surface area contributed by atoms with Crippen molar-refractivity contribution in [2.75, 3.05) is 6.61 Å². The molecule has 0 saturated carbocycles. The minimum absolute atomic E-state index is 0.166. The number of thiazole rings is 1. The highest BCUT2D eigenvalue weighted by atomic mass is 32.2. The van der Waals surface area contributed by atoms with Crippen molar-refractivity contribution in [2.24, 2.45) is 5.10 Å². The molecule has 31 heavy (non-hydrogen) atoms. The maximum atomic E-state index is 12.5. The van der Waals surface area contributed by atoms with Crippen LogP contribution in [0.2, 0.25) is 0 Å². The first kappa shape index (κ1) is 20.1. The summed E-state index contributed by atoms with van der Waals surface area (Å²) in [4.78, 5) is 18.5. The number of amides is 1. The Morgan fingerprint density at radius 1 is 1.13 bits per heavy atom. The molecule has 2 heterocycles. The summed E-state index contributed by atoms with van der Waals surface area (Å²) in [6.07, 6.45) is 5.28. The molecule has 1 aliphatic heterocycles. The van der Waals surface area contributed by atoms with Gasteiger partial charge in [0.15, 0.2) is 15.8 Å². The first-order valence-corrected chi connectivity index (χ1v) is 11.9. The van der Waals surface area contributed by atoms with Crippen molar-refractivity contribution < 1.29 is 14.3 Å². The minimum atomic E-state index is -0.719. The number of ether oxygens (including phenoxy) is 2. The van der Waals surface area contributed by atoms with Gasteiger partial charge in [0.1, 0.15) is 6.61 Å². The van der Waals surface area contributed by atoms with Gasteiger partial charge in [-0.25, -0.2) is 10.4 Å². The van der Waals surface area contributed by atoms with Crippen LogP contribution in [0.5, 0.6) is 11.5 Å². The number of aromatic nitrogens is 1. The number of nitrogens with zero attached hydrogens (tertiary/aromatic N) is 2. The summed E-state index contributed by atoms with van der Waals surface area (Å²) in [5, 5.41) is 4.21. The lowest BCUT2D eigenvalue weighted by Gasteiger charge is -2.24. The van der Waals surface area contributed by atoms with Gasteiger partial charge in [-0.15, -0.1) is 11.3 Å². The van der Waals surface area contributed by atoms with E-state index in [0.717, 1.165) is 41.1 Å². The third-order valence-electron chi connectivity index (χ3n) is 5.14. The maximum absolute atomic E-state index is 12.5. The van der Waals surface area contributed by atoms with Crippen molar-refractivity contribution in [1.82, 2.24) is 10.4 Å². The first-order chi connectivity index (χ1) is 15.3. The van der Waals surface area contributed by atoms with Gasteiger partial charge in [-0.1, -0.05) is 36.0 Å². The maximum Gasteiger partial charge on any atom is 0.284 e. The van der Waals surface area contributed by atoms with Crippen molar-refractivity contribution in [3.8, 4) is 11.5 Å². The number of rotatable bonds is 5. The highest BCUT2D eigenvalue weighted by Crippen LogP contribution is 2.40. The van der Waals surface area contributed by atoms with Gasteiger partial charge < -0.3 is 9.47 Å². The van der Waals surface area contributed by atoms with Gasteiger partial charge in [-0.05, 0) is 60.4 Å². The Kier molecular flexibility index (Phi) is 5.90. The molecule has 0 fully saturated rings. The summed E-state index contributed by atoms with van der Waals surface area (Å²) in [6, 6.07) is 15.5. The van der Waals surface area contributed by atoms with Crippen LogP contribution in [0.1, 0.15) is 25.7 Å². The van der Waals surface area contributed by atoms with E-state index in [4.69, 9.17) is 14.5 Å². The summed E-state index contributed by atoms with van der Waals surface area (Å²) in [5.74, 6) is 0.906. The van der Waals surface area contributed by atoms with Crippen LogP contribution in [-0.2, 0) is 4.79 Å². The van der Waals surface area contributed by atoms with Crippen LogP contribution in [0.3, 0.4) is 0 Å². The topological polar surface area (TPSA) is 72.8 Å². The Morgan fingerprint density at radius 3 is 2.84 bits per heavy atom. The van der Waals surface area contributed by atoms with E-state index in [0.29, 0.717) is 11.5 Å². The van der Waals surface area contributed by atoms with Crippen LogP contribution >= 0.6 is 23.1 Å². The van der Waals surface area contributed by atoms with Gasteiger partial charge in [-0.2, -0.15) is 5.10 Å². The molecule has 1 N–H and O–H groups in total. The third kappa shape index (κ3) is 4.60. The van der Waals surface area contributed by atoms with Crippen molar-refractivity contribution >= 4 is 45.4 Å². The molecule has 158 valence electrons. The van der Waals surface area contributed by atoms with Crippen molar-refractivity contribution in [1.29, 1.82) is 0 Å². The van der Waals surface area contributed by atoms with Crippen molar-refractivity contribution in [3.05, 3.63) is 59.0 Å². The van der Waals surface area contributed by atoms with E-state index in [1.54, 1.807) is 35.4 Å². The molecular formula is C23H21N3O3S2. The fraction of sp³-hybridized carbons (Fsp3) is 0.261. The number of nitrogens with one attached hydrogen (secondary N) is 1. The number of benzene rings is 2. The summed E-state index contributed by atoms with van der Waals surface area (Å²) >= 11 is 3.42. The lowest BCUT2D eigenvalue weighted by Crippen LogP contribution is -2.42. The number of carbonyl (C=O) groups excluding carboxylic acids is 1. The number of allylic oxidation sites excluding steroid dienone is 2. The summed E-state index contributed by atoms with van der Waals surface area (Å²) in [6.45, 7) is 0.166. The second kappa shape index (κ2) is 9.11. The summed E-state index contributed by atoms with van der Waals surface area (Å²) in [5.41, 5.74) is 4.79. The zero-order valence-corrected chi connectivity index (χ0v) is 18.4. The Labute approximate surface area is 188 Å². The zero-order valence-electron chi connectivity index (χ0n) is 16.7. The van der Waals surface area contributed by atoms with Gasteiger partial charge in [-0.3, -0.25) is 4.79 Å². The highest BCUT2D eigenvalue weighted by Gasteiger charge is 2.27.